The van der Waals surface area contributed by atoms with E-state index in [4.69, 9.17) is 0 Å². The van der Waals surface area contributed by atoms with Crippen molar-refractivity contribution < 1.29 is 0 Å². The van der Waals surface area contributed by atoms with Crippen LogP contribution in [-0.2, 0) is 6.42 Å². The molecule has 0 spiro atoms. The summed E-state index contributed by atoms with van der Waals surface area (Å²) in [6.45, 7) is 10.0. The monoisotopic (exact) mass is 219 g/mol. The summed E-state index contributed by atoms with van der Waals surface area (Å²) in [7, 11) is 0. The van der Waals surface area contributed by atoms with Gasteiger partial charge in [-0.3, -0.25) is 0 Å². The normalized spacial score (nSPS) is 12.8. The van der Waals surface area contributed by atoms with Crippen LogP contribution in [0.3, 0.4) is 0 Å². The Labute approximate surface area is 100 Å². The van der Waals surface area contributed by atoms with Gasteiger partial charge >= 0.3 is 0 Å². The fourth-order valence-corrected chi connectivity index (χ4v) is 1.95. The quantitative estimate of drug-likeness (QED) is 0.770. The topological polar surface area (TPSA) is 12.0 Å². The van der Waals surface area contributed by atoms with Crippen molar-refractivity contribution in [3.05, 3.63) is 34.9 Å². The van der Waals surface area contributed by atoms with Crippen LogP contribution in [0.5, 0.6) is 0 Å². The van der Waals surface area contributed by atoms with Crippen molar-refractivity contribution >= 4 is 0 Å². The van der Waals surface area contributed by atoms with Gasteiger partial charge in [0.05, 0.1) is 0 Å². The maximum Gasteiger partial charge on any atom is 0.00418 e. The molecule has 0 heterocycles. The molecule has 0 aliphatic carbocycles. The minimum absolute atomic E-state index is 0.625. The number of nitrogens with one attached hydrogen (secondary N) is 1. The largest absolute Gasteiger partial charge is 0.314 e. The highest BCUT2D eigenvalue weighted by atomic mass is 14.9. The van der Waals surface area contributed by atoms with E-state index < -0.39 is 0 Å². The van der Waals surface area contributed by atoms with Crippen molar-refractivity contribution in [2.24, 2.45) is 0 Å². The van der Waals surface area contributed by atoms with Gasteiger partial charge in [-0.2, -0.15) is 0 Å². The third-order valence-electron chi connectivity index (χ3n) is 3.31. The summed E-state index contributed by atoms with van der Waals surface area (Å²) in [6.07, 6.45) is 3.63. The van der Waals surface area contributed by atoms with Gasteiger partial charge in [-0.1, -0.05) is 25.1 Å². The van der Waals surface area contributed by atoms with Gasteiger partial charge in [0, 0.05) is 6.04 Å². The van der Waals surface area contributed by atoms with E-state index >= 15 is 0 Å². The van der Waals surface area contributed by atoms with E-state index in [1.165, 1.54) is 36.0 Å². The van der Waals surface area contributed by atoms with Gasteiger partial charge in [-0.25, -0.2) is 0 Å². The Balaban J connectivity index is 2.45. The van der Waals surface area contributed by atoms with E-state index in [1.807, 2.05) is 0 Å². The molecule has 1 heteroatoms. The third kappa shape index (κ3) is 3.97. The van der Waals surface area contributed by atoms with Crippen molar-refractivity contribution in [1.29, 1.82) is 0 Å². The van der Waals surface area contributed by atoms with Crippen molar-refractivity contribution in [3.63, 3.8) is 0 Å². The molecule has 0 radical (unpaired) electrons. The summed E-state index contributed by atoms with van der Waals surface area (Å²) in [4.78, 5) is 0. The predicted molar refractivity (Wildman–Crippen MR) is 72.0 cm³/mol. The number of rotatable bonds is 6. The molecule has 1 nitrogen and oxygen atoms in total. The summed E-state index contributed by atoms with van der Waals surface area (Å²) < 4.78 is 0. The van der Waals surface area contributed by atoms with Crippen LogP contribution in [0.2, 0.25) is 0 Å². The van der Waals surface area contributed by atoms with E-state index in [0.29, 0.717) is 6.04 Å². The average molecular weight is 219 g/mol. The van der Waals surface area contributed by atoms with Gasteiger partial charge in [0.15, 0.2) is 0 Å². The molecule has 0 fully saturated rings. The lowest BCUT2D eigenvalue weighted by atomic mass is 9.98. The first-order valence-corrected chi connectivity index (χ1v) is 6.43. The predicted octanol–water partition coefficient (Wildman–Crippen LogP) is 3.62. The maximum atomic E-state index is 3.54. The second kappa shape index (κ2) is 6.70. The van der Waals surface area contributed by atoms with Gasteiger partial charge in [0.1, 0.15) is 0 Å². The maximum absolute atomic E-state index is 3.54. The van der Waals surface area contributed by atoms with Crippen LogP contribution in [0, 0.1) is 13.8 Å². The molecule has 0 saturated heterocycles. The van der Waals surface area contributed by atoms with Gasteiger partial charge in [-0.15, -0.1) is 0 Å². The second-order valence-electron chi connectivity index (χ2n) is 4.75. The van der Waals surface area contributed by atoms with Crippen LogP contribution in [0.4, 0.5) is 0 Å². The first-order valence-electron chi connectivity index (χ1n) is 6.43. The van der Waals surface area contributed by atoms with Gasteiger partial charge in [0.2, 0.25) is 0 Å². The second-order valence-corrected chi connectivity index (χ2v) is 4.75. The molecule has 90 valence electrons. The Kier molecular flexibility index (Phi) is 5.54. The standard InChI is InChI=1S/C15H25N/c1-5-11-16-13(3)9-10-15-8-6-7-12(2)14(15)4/h6-8,13,16H,5,9-11H2,1-4H3. The molecular weight excluding hydrogens is 194 g/mol. The highest BCUT2D eigenvalue weighted by Gasteiger charge is 2.04. The molecule has 0 aliphatic heterocycles. The lowest BCUT2D eigenvalue weighted by molar-refractivity contribution is 0.513. The van der Waals surface area contributed by atoms with Crippen LogP contribution in [0.15, 0.2) is 18.2 Å². The minimum Gasteiger partial charge on any atom is -0.314 e. The molecule has 1 aromatic rings. The molecule has 16 heavy (non-hydrogen) atoms. The SMILES string of the molecule is CCCNC(C)CCc1cccc(C)c1C. The minimum atomic E-state index is 0.625. The summed E-state index contributed by atoms with van der Waals surface area (Å²) >= 11 is 0. The summed E-state index contributed by atoms with van der Waals surface area (Å²) in [5.41, 5.74) is 4.38. The van der Waals surface area contributed by atoms with E-state index in [0.717, 1.165) is 6.54 Å². The zero-order chi connectivity index (χ0) is 12.0. The van der Waals surface area contributed by atoms with Crippen LogP contribution < -0.4 is 5.32 Å². The number of benzene rings is 1. The Morgan fingerprint density at radius 3 is 2.69 bits per heavy atom. The molecule has 0 bridgehead atoms. The van der Waals surface area contributed by atoms with E-state index in [1.54, 1.807) is 0 Å². The van der Waals surface area contributed by atoms with Crippen LogP contribution in [-0.4, -0.2) is 12.6 Å². The van der Waals surface area contributed by atoms with Crippen molar-refractivity contribution in [2.45, 2.75) is 53.0 Å². The van der Waals surface area contributed by atoms with E-state index in [9.17, 15) is 0 Å². The fourth-order valence-electron chi connectivity index (χ4n) is 1.95. The Hall–Kier alpha value is -0.820. The molecule has 0 amide bonds. The van der Waals surface area contributed by atoms with Gasteiger partial charge in [-0.05, 0) is 63.3 Å². The highest BCUT2D eigenvalue weighted by molar-refractivity contribution is 5.33. The van der Waals surface area contributed by atoms with Gasteiger partial charge < -0.3 is 5.32 Å². The number of hydrogen-bond acceptors (Lipinski definition) is 1. The molecule has 1 rings (SSSR count). The molecule has 1 aromatic carbocycles. The van der Waals surface area contributed by atoms with Crippen LogP contribution in [0.1, 0.15) is 43.4 Å². The van der Waals surface area contributed by atoms with Crippen molar-refractivity contribution in [3.8, 4) is 0 Å². The number of aryl methyl sites for hydroxylation is 2. The molecule has 1 unspecified atom stereocenters. The van der Waals surface area contributed by atoms with Gasteiger partial charge in [0.25, 0.3) is 0 Å². The number of hydrogen-bond donors (Lipinski definition) is 1. The highest BCUT2D eigenvalue weighted by Crippen LogP contribution is 2.15. The average Bonchev–Trinajstić information content (AvgIpc) is 2.28. The Morgan fingerprint density at radius 1 is 1.25 bits per heavy atom. The summed E-state index contributed by atoms with van der Waals surface area (Å²) in [6, 6.07) is 7.24. The van der Waals surface area contributed by atoms with Crippen molar-refractivity contribution in [1.82, 2.24) is 5.32 Å². The fraction of sp³-hybridized carbons (Fsp3) is 0.600. The van der Waals surface area contributed by atoms with E-state index in [-0.39, 0.29) is 0 Å². The zero-order valence-electron chi connectivity index (χ0n) is 11.1. The molecular formula is C15H25N. The molecule has 1 N–H and O–H groups in total. The molecule has 0 saturated carbocycles. The molecule has 0 aliphatic rings. The lowest BCUT2D eigenvalue weighted by Gasteiger charge is -2.14. The summed E-state index contributed by atoms with van der Waals surface area (Å²) in [5.74, 6) is 0. The first kappa shape index (κ1) is 13.2. The third-order valence-corrected chi connectivity index (χ3v) is 3.31. The Bertz CT molecular complexity index is 317. The van der Waals surface area contributed by atoms with E-state index in [2.05, 4.69) is 51.2 Å². The first-order chi connectivity index (χ1) is 7.65. The molecule has 0 aromatic heterocycles. The summed E-state index contributed by atoms with van der Waals surface area (Å²) in [5, 5.41) is 3.54. The lowest BCUT2D eigenvalue weighted by Crippen LogP contribution is -2.27. The van der Waals surface area contributed by atoms with Crippen molar-refractivity contribution in [2.75, 3.05) is 6.54 Å². The molecule has 1 atom stereocenters. The zero-order valence-corrected chi connectivity index (χ0v) is 11.1. The van der Waals surface area contributed by atoms with Crippen LogP contribution >= 0.6 is 0 Å². The van der Waals surface area contributed by atoms with Crippen LogP contribution in [0.25, 0.3) is 0 Å². The Morgan fingerprint density at radius 2 is 2.00 bits per heavy atom. The smallest absolute Gasteiger partial charge is 0.00418 e.